The molecule has 0 radical (unpaired) electrons. The second-order valence-corrected chi connectivity index (χ2v) is 5.99. The SMILES string of the molecule is OC(COc1ccc(Cl)cc1)CN1CCSCC1. The van der Waals surface area contributed by atoms with E-state index in [-0.39, 0.29) is 0 Å². The molecule has 1 fully saturated rings. The highest BCUT2D eigenvalue weighted by Crippen LogP contribution is 2.16. The Bertz CT molecular complexity index is 355. The Balaban J connectivity index is 1.70. The van der Waals surface area contributed by atoms with E-state index < -0.39 is 6.10 Å². The van der Waals surface area contributed by atoms with Crippen LogP contribution in [0.15, 0.2) is 24.3 Å². The van der Waals surface area contributed by atoms with Crippen LogP contribution in [0, 0.1) is 0 Å². The van der Waals surface area contributed by atoms with Crippen LogP contribution in [0.3, 0.4) is 0 Å². The molecule has 100 valence electrons. The molecule has 3 nitrogen and oxygen atoms in total. The smallest absolute Gasteiger partial charge is 0.119 e. The minimum atomic E-state index is -0.441. The summed E-state index contributed by atoms with van der Waals surface area (Å²) >= 11 is 7.76. The third kappa shape index (κ3) is 4.69. The van der Waals surface area contributed by atoms with E-state index in [1.807, 2.05) is 23.9 Å². The summed E-state index contributed by atoms with van der Waals surface area (Å²) in [6.45, 7) is 3.13. The fourth-order valence-electron chi connectivity index (χ4n) is 1.86. The molecule has 0 spiro atoms. The molecule has 0 aromatic heterocycles. The highest BCUT2D eigenvalue weighted by Gasteiger charge is 2.15. The van der Waals surface area contributed by atoms with Gasteiger partial charge >= 0.3 is 0 Å². The van der Waals surface area contributed by atoms with Crippen LogP contribution < -0.4 is 4.74 Å². The van der Waals surface area contributed by atoms with Gasteiger partial charge in [0.2, 0.25) is 0 Å². The first-order valence-electron chi connectivity index (χ1n) is 6.10. The molecule has 1 aliphatic heterocycles. The number of halogens is 1. The highest BCUT2D eigenvalue weighted by atomic mass is 35.5. The quantitative estimate of drug-likeness (QED) is 0.899. The zero-order valence-corrected chi connectivity index (χ0v) is 11.8. The van der Waals surface area contributed by atoms with Gasteiger partial charge in [-0.1, -0.05) is 11.6 Å². The van der Waals surface area contributed by atoms with Crippen LogP contribution in [0.1, 0.15) is 0 Å². The Morgan fingerprint density at radius 3 is 2.61 bits per heavy atom. The molecule has 1 aromatic carbocycles. The van der Waals surface area contributed by atoms with Crippen LogP contribution in [0.5, 0.6) is 5.75 Å². The van der Waals surface area contributed by atoms with E-state index in [1.54, 1.807) is 12.1 Å². The summed E-state index contributed by atoms with van der Waals surface area (Å²) < 4.78 is 5.52. The third-order valence-corrected chi connectivity index (χ3v) is 4.02. The Labute approximate surface area is 117 Å². The van der Waals surface area contributed by atoms with Crippen LogP contribution in [0.2, 0.25) is 5.02 Å². The van der Waals surface area contributed by atoms with Crippen LogP contribution in [0.25, 0.3) is 0 Å². The van der Waals surface area contributed by atoms with Gasteiger partial charge in [0.1, 0.15) is 18.5 Å². The number of hydrogen-bond donors (Lipinski definition) is 1. The summed E-state index contributed by atoms with van der Waals surface area (Å²) in [5.41, 5.74) is 0. The first kappa shape index (κ1) is 14.0. The molecule has 0 aliphatic carbocycles. The van der Waals surface area contributed by atoms with Gasteiger partial charge < -0.3 is 9.84 Å². The standard InChI is InChI=1S/C13H18ClNO2S/c14-11-1-3-13(4-2-11)17-10-12(16)9-15-5-7-18-8-6-15/h1-4,12,16H,5-10H2. The van der Waals surface area contributed by atoms with E-state index in [9.17, 15) is 5.11 Å². The number of β-amino-alcohol motifs (C(OH)–C–C–N with tert-alkyl or cyclic N) is 1. The van der Waals surface area contributed by atoms with Crippen LogP contribution in [-0.4, -0.2) is 53.9 Å². The molecule has 1 N–H and O–H groups in total. The minimum absolute atomic E-state index is 0.325. The maximum Gasteiger partial charge on any atom is 0.119 e. The molecule has 1 atom stereocenters. The van der Waals surface area contributed by atoms with Crippen LogP contribution in [0.4, 0.5) is 0 Å². The van der Waals surface area contributed by atoms with Crippen molar-refractivity contribution in [3.8, 4) is 5.75 Å². The van der Waals surface area contributed by atoms with E-state index in [0.717, 1.165) is 30.3 Å². The largest absolute Gasteiger partial charge is 0.491 e. The number of aliphatic hydroxyl groups excluding tert-OH is 1. The maximum absolute atomic E-state index is 9.92. The summed E-state index contributed by atoms with van der Waals surface area (Å²) in [7, 11) is 0. The molecular formula is C13H18ClNO2S. The zero-order valence-electron chi connectivity index (χ0n) is 10.2. The normalized spacial score (nSPS) is 18.6. The van der Waals surface area contributed by atoms with Gasteiger partial charge in [0.25, 0.3) is 0 Å². The Morgan fingerprint density at radius 1 is 1.28 bits per heavy atom. The van der Waals surface area contributed by atoms with E-state index >= 15 is 0 Å². The lowest BCUT2D eigenvalue weighted by Gasteiger charge is -2.28. The summed E-state index contributed by atoms with van der Waals surface area (Å²) in [5, 5.41) is 10.6. The number of ether oxygens (including phenoxy) is 1. The fraction of sp³-hybridized carbons (Fsp3) is 0.538. The second kappa shape index (κ2) is 7.24. The lowest BCUT2D eigenvalue weighted by Crippen LogP contribution is -2.40. The molecule has 18 heavy (non-hydrogen) atoms. The second-order valence-electron chi connectivity index (χ2n) is 4.33. The molecular weight excluding hydrogens is 270 g/mol. The molecule has 5 heteroatoms. The molecule has 1 aliphatic rings. The number of hydrogen-bond acceptors (Lipinski definition) is 4. The predicted molar refractivity (Wildman–Crippen MR) is 76.7 cm³/mol. The average Bonchev–Trinajstić information content (AvgIpc) is 2.39. The van der Waals surface area contributed by atoms with Gasteiger partial charge in [0.15, 0.2) is 0 Å². The molecule has 0 bridgehead atoms. The number of rotatable bonds is 5. The van der Waals surface area contributed by atoms with Gasteiger partial charge in [-0.15, -0.1) is 0 Å². The molecule has 2 rings (SSSR count). The first-order valence-corrected chi connectivity index (χ1v) is 7.64. The first-order chi connectivity index (χ1) is 8.74. The molecule has 0 amide bonds. The van der Waals surface area contributed by atoms with E-state index in [0.29, 0.717) is 18.2 Å². The van der Waals surface area contributed by atoms with E-state index in [2.05, 4.69) is 4.90 Å². The van der Waals surface area contributed by atoms with Gasteiger partial charge in [-0.05, 0) is 24.3 Å². The van der Waals surface area contributed by atoms with Gasteiger partial charge in [0, 0.05) is 36.2 Å². The van der Waals surface area contributed by atoms with E-state index in [4.69, 9.17) is 16.3 Å². The molecule has 1 aromatic rings. The highest BCUT2D eigenvalue weighted by molar-refractivity contribution is 7.99. The Morgan fingerprint density at radius 2 is 1.94 bits per heavy atom. The summed E-state index contributed by atoms with van der Waals surface area (Å²) in [4.78, 5) is 2.28. The van der Waals surface area contributed by atoms with Gasteiger partial charge in [0.05, 0.1) is 0 Å². The number of benzene rings is 1. The molecule has 1 saturated heterocycles. The van der Waals surface area contributed by atoms with Gasteiger partial charge in [-0.25, -0.2) is 0 Å². The number of nitrogens with zero attached hydrogens (tertiary/aromatic N) is 1. The van der Waals surface area contributed by atoms with Crippen molar-refractivity contribution in [2.45, 2.75) is 6.10 Å². The molecule has 0 saturated carbocycles. The van der Waals surface area contributed by atoms with Crippen LogP contribution >= 0.6 is 23.4 Å². The average molecular weight is 288 g/mol. The van der Waals surface area contributed by atoms with Crippen molar-refractivity contribution in [3.63, 3.8) is 0 Å². The third-order valence-electron chi connectivity index (χ3n) is 2.83. The van der Waals surface area contributed by atoms with Crippen molar-refractivity contribution in [1.82, 2.24) is 4.90 Å². The monoisotopic (exact) mass is 287 g/mol. The van der Waals surface area contributed by atoms with E-state index in [1.165, 1.54) is 0 Å². The summed E-state index contributed by atoms with van der Waals surface area (Å²) in [6.07, 6.45) is -0.441. The zero-order chi connectivity index (χ0) is 12.8. The lowest BCUT2D eigenvalue weighted by atomic mass is 10.3. The van der Waals surface area contributed by atoms with Crippen molar-refractivity contribution in [3.05, 3.63) is 29.3 Å². The lowest BCUT2D eigenvalue weighted by molar-refractivity contribution is 0.0715. The topological polar surface area (TPSA) is 32.7 Å². The maximum atomic E-state index is 9.92. The van der Waals surface area contributed by atoms with Gasteiger partial charge in [-0.2, -0.15) is 11.8 Å². The minimum Gasteiger partial charge on any atom is -0.491 e. The summed E-state index contributed by atoms with van der Waals surface area (Å²) in [6, 6.07) is 7.19. The predicted octanol–water partition coefficient (Wildman–Crippen LogP) is 2.13. The number of thioether (sulfide) groups is 1. The van der Waals surface area contributed by atoms with Crippen molar-refractivity contribution < 1.29 is 9.84 Å². The fourth-order valence-corrected chi connectivity index (χ4v) is 2.96. The molecule has 1 heterocycles. The molecule has 1 unspecified atom stereocenters. The number of aliphatic hydroxyl groups is 1. The summed E-state index contributed by atoms with van der Waals surface area (Å²) in [5.74, 6) is 3.06. The van der Waals surface area contributed by atoms with Crippen molar-refractivity contribution >= 4 is 23.4 Å². The van der Waals surface area contributed by atoms with Gasteiger partial charge in [-0.3, -0.25) is 4.90 Å². The Kier molecular flexibility index (Phi) is 5.63. The Hall–Kier alpha value is -0.420. The van der Waals surface area contributed by atoms with Crippen molar-refractivity contribution in [2.24, 2.45) is 0 Å². The van der Waals surface area contributed by atoms with Crippen molar-refractivity contribution in [1.29, 1.82) is 0 Å². The van der Waals surface area contributed by atoms with Crippen molar-refractivity contribution in [2.75, 3.05) is 37.7 Å². The van der Waals surface area contributed by atoms with Crippen LogP contribution in [-0.2, 0) is 0 Å².